The third-order valence-electron chi connectivity index (χ3n) is 4.91. The molecular weight excluding hydrogens is 365 g/mol. The number of halogens is 2. The molecule has 0 atom stereocenters. The van der Waals surface area contributed by atoms with Gasteiger partial charge in [0.15, 0.2) is 6.61 Å². The third kappa shape index (κ3) is 4.37. The van der Waals surface area contributed by atoms with Gasteiger partial charge in [0.1, 0.15) is 5.75 Å². The van der Waals surface area contributed by atoms with E-state index in [4.69, 9.17) is 33.7 Å². The minimum absolute atomic E-state index is 0.00779. The molecule has 0 radical (unpaired) electrons. The Kier molecular flexibility index (Phi) is 5.71. The van der Waals surface area contributed by atoms with Gasteiger partial charge in [-0.1, -0.05) is 23.2 Å². The van der Waals surface area contributed by atoms with Gasteiger partial charge in [-0.05, 0) is 44.1 Å². The van der Waals surface area contributed by atoms with Crippen LogP contribution in [-0.4, -0.2) is 60.4 Å². The van der Waals surface area contributed by atoms with Crippen LogP contribution in [0.25, 0.3) is 0 Å². The number of rotatable bonds is 5. The number of piperidine rings is 1. The van der Waals surface area contributed by atoms with Gasteiger partial charge >= 0.3 is 0 Å². The van der Waals surface area contributed by atoms with Crippen molar-refractivity contribution in [3.63, 3.8) is 0 Å². The zero-order chi connectivity index (χ0) is 18.0. The van der Waals surface area contributed by atoms with Crippen molar-refractivity contribution < 1.29 is 14.3 Å². The largest absolute Gasteiger partial charge is 0.482 e. The van der Waals surface area contributed by atoms with Crippen molar-refractivity contribution in [2.45, 2.75) is 18.9 Å². The number of nitrogens with zero attached hydrogens (tertiary/aromatic N) is 2. The average Bonchev–Trinajstić information content (AvgIpc) is 2.53. The Morgan fingerprint density at radius 1 is 1.20 bits per heavy atom. The van der Waals surface area contributed by atoms with Crippen molar-refractivity contribution >= 4 is 35.0 Å². The molecule has 0 aromatic heterocycles. The molecule has 0 unspecified atom stereocenters. The van der Waals surface area contributed by atoms with Crippen molar-refractivity contribution in [2.75, 3.05) is 32.8 Å². The maximum Gasteiger partial charge on any atom is 0.260 e. The second kappa shape index (κ2) is 7.81. The van der Waals surface area contributed by atoms with Crippen molar-refractivity contribution in [3.05, 3.63) is 28.2 Å². The molecule has 2 fully saturated rings. The summed E-state index contributed by atoms with van der Waals surface area (Å²) in [6.07, 6.45) is 1.61. The Hall–Kier alpha value is -1.50. The normalized spacial score (nSPS) is 19.5. The number of hydrogen-bond donors (Lipinski definition) is 1. The van der Waals surface area contributed by atoms with Crippen molar-refractivity contribution in [1.82, 2.24) is 9.80 Å². The Morgan fingerprint density at radius 3 is 2.48 bits per heavy atom. The molecule has 1 aromatic carbocycles. The van der Waals surface area contributed by atoms with Gasteiger partial charge in [-0.3, -0.25) is 14.5 Å². The molecule has 6 nitrogen and oxygen atoms in total. The summed E-state index contributed by atoms with van der Waals surface area (Å²) in [5.74, 6) is 0.175. The lowest BCUT2D eigenvalue weighted by molar-refractivity contribution is -0.141. The van der Waals surface area contributed by atoms with E-state index < -0.39 is 0 Å². The van der Waals surface area contributed by atoms with Crippen LogP contribution in [0.5, 0.6) is 5.75 Å². The number of ether oxygens (including phenoxy) is 1. The van der Waals surface area contributed by atoms with Crippen LogP contribution in [0.15, 0.2) is 18.2 Å². The maximum absolute atomic E-state index is 12.2. The predicted octanol–water partition coefficient (Wildman–Crippen LogP) is 1.78. The van der Waals surface area contributed by atoms with Gasteiger partial charge in [0, 0.05) is 30.1 Å². The van der Waals surface area contributed by atoms with Crippen molar-refractivity contribution in [3.8, 4) is 5.75 Å². The fourth-order valence-corrected chi connectivity index (χ4v) is 3.73. The van der Waals surface area contributed by atoms with E-state index >= 15 is 0 Å². The molecule has 2 saturated heterocycles. The molecule has 2 amide bonds. The fourth-order valence-electron chi connectivity index (χ4n) is 3.26. The number of nitrogens with two attached hydrogens (primary N) is 1. The van der Waals surface area contributed by atoms with Crippen LogP contribution in [0.3, 0.4) is 0 Å². The van der Waals surface area contributed by atoms with Gasteiger partial charge in [-0.2, -0.15) is 0 Å². The molecule has 3 rings (SSSR count). The molecule has 0 spiro atoms. The zero-order valence-corrected chi connectivity index (χ0v) is 15.3. The van der Waals surface area contributed by atoms with Gasteiger partial charge in [0.25, 0.3) is 5.91 Å². The monoisotopic (exact) mass is 385 g/mol. The van der Waals surface area contributed by atoms with Crippen LogP contribution in [0.4, 0.5) is 0 Å². The standard InChI is InChI=1S/C17H21Cl2N3O3/c18-12-1-2-15(14(19)7-12)25-10-16(23)22-8-13(9-22)21-5-3-11(4-6-21)17(20)24/h1-2,7,11,13H,3-6,8-10H2,(H2,20,24). The summed E-state index contributed by atoms with van der Waals surface area (Å²) in [5, 5.41) is 0.911. The van der Waals surface area contributed by atoms with E-state index in [0.29, 0.717) is 34.9 Å². The van der Waals surface area contributed by atoms with E-state index in [2.05, 4.69) is 4.90 Å². The predicted molar refractivity (Wildman–Crippen MR) is 95.8 cm³/mol. The molecule has 1 aromatic rings. The van der Waals surface area contributed by atoms with Gasteiger partial charge in [0.05, 0.1) is 5.02 Å². The summed E-state index contributed by atoms with van der Waals surface area (Å²) >= 11 is 11.9. The first-order valence-corrected chi connectivity index (χ1v) is 9.08. The summed E-state index contributed by atoms with van der Waals surface area (Å²) < 4.78 is 5.48. The SMILES string of the molecule is NC(=O)C1CCN(C2CN(C(=O)COc3ccc(Cl)cc3Cl)C2)CC1. The molecule has 8 heteroatoms. The van der Waals surface area contributed by atoms with Gasteiger partial charge in [-0.25, -0.2) is 0 Å². The minimum atomic E-state index is -0.205. The van der Waals surface area contributed by atoms with Crippen LogP contribution in [0.2, 0.25) is 10.0 Å². The second-order valence-electron chi connectivity index (χ2n) is 6.53. The highest BCUT2D eigenvalue weighted by Gasteiger charge is 2.37. The summed E-state index contributed by atoms with van der Waals surface area (Å²) in [6.45, 7) is 3.06. The summed E-state index contributed by atoms with van der Waals surface area (Å²) in [7, 11) is 0. The van der Waals surface area contributed by atoms with Crippen molar-refractivity contribution in [2.24, 2.45) is 11.7 Å². The minimum Gasteiger partial charge on any atom is -0.482 e. The fraction of sp³-hybridized carbons (Fsp3) is 0.529. The molecule has 2 aliphatic heterocycles. The molecular formula is C17H21Cl2N3O3. The Balaban J connectivity index is 1.40. The molecule has 2 aliphatic rings. The Labute approximate surface area is 156 Å². The first-order valence-electron chi connectivity index (χ1n) is 8.33. The average molecular weight is 386 g/mol. The highest BCUT2D eigenvalue weighted by molar-refractivity contribution is 6.35. The number of amides is 2. The van der Waals surface area contributed by atoms with E-state index in [1.807, 2.05) is 0 Å². The highest BCUT2D eigenvalue weighted by Crippen LogP contribution is 2.28. The molecule has 0 aliphatic carbocycles. The van der Waals surface area contributed by atoms with Gasteiger partial charge in [0.2, 0.25) is 5.91 Å². The van der Waals surface area contributed by atoms with E-state index in [-0.39, 0.29) is 24.3 Å². The van der Waals surface area contributed by atoms with E-state index in [1.54, 1.807) is 23.1 Å². The molecule has 0 saturated carbocycles. The van der Waals surface area contributed by atoms with E-state index in [9.17, 15) is 9.59 Å². The Bertz CT molecular complexity index is 657. The number of carbonyl (C=O) groups excluding carboxylic acids is 2. The van der Waals surface area contributed by atoms with Gasteiger partial charge in [-0.15, -0.1) is 0 Å². The molecule has 0 bridgehead atoms. The third-order valence-corrected chi connectivity index (χ3v) is 5.44. The first kappa shape index (κ1) is 18.3. The Morgan fingerprint density at radius 2 is 1.88 bits per heavy atom. The lowest BCUT2D eigenvalue weighted by Crippen LogP contribution is -2.63. The zero-order valence-electron chi connectivity index (χ0n) is 13.8. The lowest BCUT2D eigenvalue weighted by Gasteiger charge is -2.47. The number of carbonyl (C=O) groups is 2. The molecule has 2 heterocycles. The number of hydrogen-bond acceptors (Lipinski definition) is 4. The topological polar surface area (TPSA) is 75.9 Å². The van der Waals surface area contributed by atoms with Gasteiger partial charge < -0.3 is 15.4 Å². The van der Waals surface area contributed by atoms with Crippen LogP contribution >= 0.6 is 23.2 Å². The summed E-state index contributed by atoms with van der Waals surface area (Å²) in [6, 6.07) is 5.26. The number of primary amides is 1. The summed E-state index contributed by atoms with van der Waals surface area (Å²) in [4.78, 5) is 27.5. The van der Waals surface area contributed by atoms with Crippen LogP contribution in [-0.2, 0) is 9.59 Å². The smallest absolute Gasteiger partial charge is 0.260 e. The molecule has 2 N–H and O–H groups in total. The first-order chi connectivity index (χ1) is 11.9. The molecule has 25 heavy (non-hydrogen) atoms. The van der Waals surface area contributed by atoms with E-state index in [0.717, 1.165) is 25.9 Å². The van der Waals surface area contributed by atoms with Crippen LogP contribution < -0.4 is 10.5 Å². The summed E-state index contributed by atoms with van der Waals surface area (Å²) in [5.41, 5.74) is 5.36. The number of likely N-dealkylation sites (tertiary alicyclic amines) is 2. The number of benzene rings is 1. The maximum atomic E-state index is 12.2. The van der Waals surface area contributed by atoms with Crippen LogP contribution in [0.1, 0.15) is 12.8 Å². The highest BCUT2D eigenvalue weighted by atomic mass is 35.5. The quantitative estimate of drug-likeness (QED) is 0.837. The lowest BCUT2D eigenvalue weighted by atomic mass is 9.94. The van der Waals surface area contributed by atoms with Crippen molar-refractivity contribution in [1.29, 1.82) is 0 Å². The molecule has 136 valence electrons. The second-order valence-corrected chi connectivity index (χ2v) is 7.37. The van der Waals surface area contributed by atoms with Crippen LogP contribution in [0, 0.1) is 5.92 Å². The van der Waals surface area contributed by atoms with E-state index in [1.165, 1.54) is 0 Å².